The Morgan fingerprint density at radius 1 is 1.62 bits per heavy atom. The highest BCUT2D eigenvalue weighted by molar-refractivity contribution is 7.92. The summed E-state index contributed by atoms with van der Waals surface area (Å²) in [6, 6.07) is 0. The van der Waals surface area contributed by atoms with Crippen LogP contribution in [0.4, 0.5) is 0 Å². The van der Waals surface area contributed by atoms with E-state index < -0.39 is 9.84 Å². The standard InChI is InChI=1S/C9H14N2O3S2/c12-6-7-4-10-9(15)11(7)5-8-2-1-3-16(8,13)14/h4,8,12H,1-3,5-6H2,(H,10,15). The summed E-state index contributed by atoms with van der Waals surface area (Å²) < 4.78 is 25.5. The molecule has 0 amide bonds. The molecule has 0 bridgehead atoms. The number of aliphatic hydroxyl groups excluding tert-OH is 1. The minimum absolute atomic E-state index is 0.139. The molecule has 0 radical (unpaired) electrons. The first kappa shape index (κ1) is 11.8. The average Bonchev–Trinajstić information content (AvgIpc) is 2.73. The summed E-state index contributed by atoms with van der Waals surface area (Å²) in [5.74, 6) is 0.268. The lowest BCUT2D eigenvalue weighted by atomic mass is 10.2. The highest BCUT2D eigenvalue weighted by Crippen LogP contribution is 2.22. The minimum Gasteiger partial charge on any atom is -0.390 e. The van der Waals surface area contributed by atoms with E-state index in [1.165, 1.54) is 0 Å². The fraction of sp³-hybridized carbons (Fsp3) is 0.667. The predicted octanol–water partition coefficient (Wildman–Crippen LogP) is 0.615. The first-order chi connectivity index (χ1) is 7.54. The van der Waals surface area contributed by atoms with Gasteiger partial charge in [-0.3, -0.25) is 0 Å². The van der Waals surface area contributed by atoms with Gasteiger partial charge in [-0.15, -0.1) is 0 Å². The Bertz CT molecular complexity index is 529. The van der Waals surface area contributed by atoms with E-state index in [4.69, 9.17) is 17.3 Å². The van der Waals surface area contributed by atoms with Crippen LogP contribution in [0, 0.1) is 4.77 Å². The van der Waals surface area contributed by atoms with Crippen molar-refractivity contribution < 1.29 is 13.5 Å². The second-order valence-electron chi connectivity index (χ2n) is 3.99. The number of aromatic nitrogens is 2. The van der Waals surface area contributed by atoms with Gasteiger partial charge in [-0.05, 0) is 25.1 Å². The summed E-state index contributed by atoms with van der Waals surface area (Å²) in [5.41, 5.74) is 0.632. The molecule has 1 unspecified atom stereocenters. The van der Waals surface area contributed by atoms with Crippen molar-refractivity contribution in [3.63, 3.8) is 0 Å². The largest absolute Gasteiger partial charge is 0.390 e. The molecule has 7 heteroatoms. The molecule has 16 heavy (non-hydrogen) atoms. The molecule has 1 aliphatic heterocycles. The Kier molecular flexibility index (Phi) is 3.18. The maximum absolute atomic E-state index is 11.7. The van der Waals surface area contributed by atoms with Gasteiger partial charge in [-0.25, -0.2) is 8.42 Å². The highest BCUT2D eigenvalue weighted by atomic mass is 32.2. The fourth-order valence-corrected chi connectivity index (χ4v) is 4.08. The van der Waals surface area contributed by atoms with Gasteiger partial charge in [0.15, 0.2) is 14.6 Å². The van der Waals surface area contributed by atoms with Crippen molar-refractivity contribution in [2.24, 2.45) is 0 Å². The number of nitrogens with zero attached hydrogens (tertiary/aromatic N) is 1. The molecule has 1 aromatic rings. The van der Waals surface area contributed by atoms with E-state index in [2.05, 4.69) is 4.98 Å². The van der Waals surface area contributed by atoms with Gasteiger partial charge >= 0.3 is 0 Å². The van der Waals surface area contributed by atoms with E-state index in [0.717, 1.165) is 6.42 Å². The Labute approximate surface area is 99.0 Å². The molecule has 2 rings (SSSR count). The zero-order chi connectivity index (χ0) is 11.8. The average molecular weight is 262 g/mol. The van der Waals surface area contributed by atoms with Crippen LogP contribution in [0.2, 0.25) is 0 Å². The van der Waals surface area contributed by atoms with Gasteiger partial charge in [0.1, 0.15) is 0 Å². The van der Waals surface area contributed by atoms with Gasteiger partial charge in [0.05, 0.1) is 23.3 Å². The third kappa shape index (κ3) is 2.07. The number of sulfone groups is 1. The van der Waals surface area contributed by atoms with Crippen LogP contribution in [0.5, 0.6) is 0 Å². The van der Waals surface area contributed by atoms with Crippen molar-refractivity contribution in [2.45, 2.75) is 31.2 Å². The van der Waals surface area contributed by atoms with E-state index in [9.17, 15) is 8.42 Å². The van der Waals surface area contributed by atoms with Crippen LogP contribution in [0.3, 0.4) is 0 Å². The molecule has 1 saturated heterocycles. The van der Waals surface area contributed by atoms with E-state index in [1.807, 2.05) is 0 Å². The molecule has 1 aliphatic rings. The monoisotopic (exact) mass is 262 g/mol. The molecule has 2 heterocycles. The number of aliphatic hydroxyl groups is 1. The number of aromatic amines is 1. The van der Waals surface area contributed by atoms with Crippen molar-refractivity contribution in [3.05, 3.63) is 16.7 Å². The molecule has 1 aromatic heterocycles. The van der Waals surface area contributed by atoms with Gasteiger partial charge in [-0.1, -0.05) is 0 Å². The number of hydrogen-bond acceptors (Lipinski definition) is 4. The molecule has 5 nitrogen and oxygen atoms in total. The molecule has 0 spiro atoms. The number of nitrogens with one attached hydrogen (secondary N) is 1. The quantitative estimate of drug-likeness (QED) is 0.783. The minimum atomic E-state index is -2.97. The van der Waals surface area contributed by atoms with Crippen molar-refractivity contribution >= 4 is 22.1 Å². The molecule has 2 N–H and O–H groups in total. The Morgan fingerprint density at radius 3 is 2.94 bits per heavy atom. The summed E-state index contributed by atoms with van der Waals surface area (Å²) in [7, 11) is -2.97. The van der Waals surface area contributed by atoms with Crippen molar-refractivity contribution in [3.8, 4) is 0 Å². The van der Waals surface area contributed by atoms with Crippen molar-refractivity contribution in [1.29, 1.82) is 0 Å². The lowest BCUT2D eigenvalue weighted by Crippen LogP contribution is -2.23. The molecule has 0 saturated carbocycles. The lowest BCUT2D eigenvalue weighted by Gasteiger charge is -2.12. The fourth-order valence-electron chi connectivity index (χ4n) is 2.03. The third-order valence-electron chi connectivity index (χ3n) is 2.97. The first-order valence-corrected chi connectivity index (χ1v) is 7.26. The molecule has 90 valence electrons. The summed E-state index contributed by atoms with van der Waals surface area (Å²) in [5, 5.41) is 8.74. The summed E-state index contributed by atoms with van der Waals surface area (Å²) in [6.07, 6.45) is 3.02. The third-order valence-corrected chi connectivity index (χ3v) is 5.56. The SMILES string of the molecule is O=S1(=O)CCCC1Cn1c(CO)c[nH]c1=S. The first-order valence-electron chi connectivity index (χ1n) is 5.14. The van der Waals surface area contributed by atoms with Crippen LogP contribution in [-0.2, 0) is 23.0 Å². The maximum Gasteiger partial charge on any atom is 0.177 e. The van der Waals surface area contributed by atoms with Gasteiger partial charge in [0.25, 0.3) is 0 Å². The van der Waals surface area contributed by atoms with E-state index >= 15 is 0 Å². The number of hydrogen-bond donors (Lipinski definition) is 2. The lowest BCUT2D eigenvalue weighted by molar-refractivity contribution is 0.270. The Hall–Kier alpha value is -0.660. The normalized spacial score (nSPS) is 23.7. The smallest absolute Gasteiger partial charge is 0.177 e. The molecular weight excluding hydrogens is 248 g/mol. The summed E-state index contributed by atoms with van der Waals surface area (Å²) in [6.45, 7) is 0.209. The maximum atomic E-state index is 11.7. The predicted molar refractivity (Wildman–Crippen MR) is 62.3 cm³/mol. The highest BCUT2D eigenvalue weighted by Gasteiger charge is 2.31. The van der Waals surface area contributed by atoms with Crippen LogP contribution in [0.1, 0.15) is 18.5 Å². The van der Waals surface area contributed by atoms with Crippen LogP contribution in [0.25, 0.3) is 0 Å². The van der Waals surface area contributed by atoms with Gasteiger partial charge in [0, 0.05) is 12.7 Å². The van der Waals surface area contributed by atoms with Crippen LogP contribution in [0.15, 0.2) is 6.20 Å². The topological polar surface area (TPSA) is 75.1 Å². The van der Waals surface area contributed by atoms with Crippen molar-refractivity contribution in [1.82, 2.24) is 9.55 Å². The summed E-state index contributed by atoms with van der Waals surface area (Å²) in [4.78, 5) is 2.81. The van der Waals surface area contributed by atoms with Crippen LogP contribution >= 0.6 is 12.2 Å². The van der Waals surface area contributed by atoms with Crippen molar-refractivity contribution in [2.75, 3.05) is 5.75 Å². The number of imidazole rings is 1. The molecule has 1 fully saturated rings. The van der Waals surface area contributed by atoms with Crippen LogP contribution in [-0.4, -0.2) is 34.1 Å². The van der Waals surface area contributed by atoms with Gasteiger partial charge in [-0.2, -0.15) is 0 Å². The second kappa shape index (κ2) is 4.31. The number of rotatable bonds is 3. The Balaban J connectivity index is 2.27. The number of H-pyrrole nitrogens is 1. The summed E-state index contributed by atoms with van der Waals surface area (Å²) >= 11 is 5.05. The van der Waals surface area contributed by atoms with E-state index in [0.29, 0.717) is 23.4 Å². The molecular formula is C9H14N2O3S2. The Morgan fingerprint density at radius 2 is 2.38 bits per heavy atom. The molecule has 0 aliphatic carbocycles. The molecule has 0 aromatic carbocycles. The zero-order valence-corrected chi connectivity index (χ0v) is 10.4. The van der Waals surface area contributed by atoms with Crippen LogP contribution < -0.4 is 0 Å². The zero-order valence-electron chi connectivity index (χ0n) is 8.72. The second-order valence-corrected chi connectivity index (χ2v) is 6.77. The van der Waals surface area contributed by atoms with E-state index in [-0.39, 0.29) is 17.6 Å². The van der Waals surface area contributed by atoms with E-state index in [1.54, 1.807) is 10.8 Å². The van der Waals surface area contributed by atoms with Gasteiger partial charge in [0.2, 0.25) is 0 Å². The van der Waals surface area contributed by atoms with Gasteiger partial charge < -0.3 is 14.7 Å². The molecule has 1 atom stereocenters.